The summed E-state index contributed by atoms with van der Waals surface area (Å²) < 4.78 is 0. The molecule has 1 aliphatic heterocycles. The first-order valence-corrected chi connectivity index (χ1v) is 10.2. The molecule has 0 saturated carbocycles. The average molecular weight is 405 g/mol. The van der Waals surface area contributed by atoms with Crippen LogP contribution in [0, 0.1) is 0 Å². The largest absolute Gasteiger partial charge is 0.346 e. The minimum atomic E-state index is -0.195. The lowest BCUT2D eigenvalue weighted by atomic mass is 10.1. The fraction of sp³-hybridized carbons (Fsp3) is 0.182. The zero-order chi connectivity index (χ0) is 20.2. The summed E-state index contributed by atoms with van der Waals surface area (Å²) in [6.45, 7) is 0.599. The van der Waals surface area contributed by atoms with Crippen molar-refractivity contribution in [2.45, 2.75) is 25.9 Å². The van der Waals surface area contributed by atoms with Crippen LogP contribution in [0.1, 0.15) is 34.5 Å². The van der Waals surface area contributed by atoms with Crippen molar-refractivity contribution in [3.63, 3.8) is 0 Å². The third-order valence-electron chi connectivity index (χ3n) is 4.71. The second-order valence-corrected chi connectivity index (χ2v) is 7.62. The van der Waals surface area contributed by atoms with Crippen molar-refractivity contribution in [1.82, 2.24) is 15.2 Å². The first-order chi connectivity index (χ1) is 14.1. The van der Waals surface area contributed by atoms with E-state index in [0.29, 0.717) is 12.1 Å². The van der Waals surface area contributed by atoms with Crippen molar-refractivity contribution in [1.29, 1.82) is 0 Å². The van der Waals surface area contributed by atoms with Crippen LogP contribution in [0.5, 0.6) is 0 Å². The monoisotopic (exact) mass is 405 g/mol. The number of thiazole rings is 1. The van der Waals surface area contributed by atoms with Gasteiger partial charge >= 0.3 is 0 Å². The molecular formula is C22H19N3O3S. The second-order valence-electron chi connectivity index (χ2n) is 6.76. The molecule has 4 rings (SSSR count). The molecule has 3 amide bonds. The van der Waals surface area contributed by atoms with E-state index in [0.717, 1.165) is 21.8 Å². The molecule has 0 bridgehead atoms. The number of hydrogen-bond acceptors (Lipinski definition) is 5. The number of carbonyl (C=O) groups is 3. The summed E-state index contributed by atoms with van der Waals surface area (Å²) in [6, 6.07) is 16.9. The van der Waals surface area contributed by atoms with Crippen molar-refractivity contribution in [2.24, 2.45) is 0 Å². The highest BCUT2D eigenvalue weighted by atomic mass is 32.1. The van der Waals surface area contributed by atoms with Crippen molar-refractivity contribution < 1.29 is 14.4 Å². The quantitative estimate of drug-likeness (QED) is 0.638. The van der Waals surface area contributed by atoms with Crippen molar-refractivity contribution in [2.75, 3.05) is 0 Å². The molecule has 1 aliphatic rings. The van der Waals surface area contributed by atoms with E-state index in [4.69, 9.17) is 0 Å². The van der Waals surface area contributed by atoms with Crippen LogP contribution >= 0.6 is 11.3 Å². The van der Waals surface area contributed by atoms with E-state index in [1.54, 1.807) is 35.6 Å². The molecule has 1 N–H and O–H groups in total. The lowest BCUT2D eigenvalue weighted by molar-refractivity contribution is -0.139. The maximum atomic E-state index is 12.4. The molecule has 0 atom stereocenters. The summed E-state index contributed by atoms with van der Waals surface area (Å²) in [4.78, 5) is 41.7. The van der Waals surface area contributed by atoms with Gasteiger partial charge in [-0.25, -0.2) is 4.98 Å². The Balaban J connectivity index is 1.34. The Morgan fingerprint density at radius 1 is 1.00 bits per heavy atom. The fourth-order valence-electron chi connectivity index (χ4n) is 3.12. The summed E-state index contributed by atoms with van der Waals surface area (Å²) in [5.74, 6) is -0.482. The van der Waals surface area contributed by atoms with Gasteiger partial charge in [-0.3, -0.25) is 19.3 Å². The van der Waals surface area contributed by atoms with Gasteiger partial charge in [-0.1, -0.05) is 42.5 Å². The molecule has 0 radical (unpaired) electrons. The van der Waals surface area contributed by atoms with E-state index in [-0.39, 0.29) is 37.1 Å². The van der Waals surface area contributed by atoms with E-state index in [2.05, 4.69) is 10.3 Å². The molecule has 1 saturated heterocycles. The lowest BCUT2D eigenvalue weighted by Crippen LogP contribution is -2.28. The minimum Gasteiger partial charge on any atom is -0.346 e. The Hall–Kier alpha value is -3.32. The van der Waals surface area contributed by atoms with Crippen LogP contribution in [0.15, 0.2) is 60.0 Å². The number of benzene rings is 2. The highest BCUT2D eigenvalue weighted by Gasteiger charge is 2.28. The predicted molar refractivity (Wildman–Crippen MR) is 110 cm³/mol. The van der Waals surface area contributed by atoms with Gasteiger partial charge in [0.05, 0.1) is 18.8 Å². The van der Waals surface area contributed by atoms with Gasteiger partial charge in [-0.05, 0) is 17.7 Å². The minimum absolute atomic E-state index is 0.144. The van der Waals surface area contributed by atoms with Crippen molar-refractivity contribution in [3.05, 3.63) is 76.8 Å². The predicted octanol–water partition coefficient (Wildman–Crippen LogP) is 3.39. The van der Waals surface area contributed by atoms with Gasteiger partial charge in [0.2, 0.25) is 11.8 Å². The smallest absolute Gasteiger partial charge is 0.251 e. The van der Waals surface area contributed by atoms with E-state index in [1.165, 1.54) is 4.90 Å². The Morgan fingerprint density at radius 3 is 2.38 bits per heavy atom. The zero-order valence-electron chi connectivity index (χ0n) is 15.6. The maximum absolute atomic E-state index is 12.4. The maximum Gasteiger partial charge on any atom is 0.251 e. The second kappa shape index (κ2) is 8.36. The van der Waals surface area contributed by atoms with E-state index < -0.39 is 0 Å². The highest BCUT2D eigenvalue weighted by molar-refractivity contribution is 7.13. The molecular weight excluding hydrogens is 386 g/mol. The number of nitrogens with one attached hydrogen (secondary N) is 1. The molecule has 146 valence electrons. The molecule has 0 aliphatic carbocycles. The number of imide groups is 1. The van der Waals surface area contributed by atoms with Crippen LogP contribution < -0.4 is 5.32 Å². The number of hydrogen-bond donors (Lipinski definition) is 1. The zero-order valence-corrected chi connectivity index (χ0v) is 16.4. The van der Waals surface area contributed by atoms with E-state index in [1.807, 2.05) is 35.7 Å². The molecule has 3 aromatic rings. The number of amides is 3. The average Bonchev–Trinajstić information content (AvgIpc) is 3.35. The highest BCUT2D eigenvalue weighted by Crippen LogP contribution is 2.23. The Morgan fingerprint density at radius 2 is 1.69 bits per heavy atom. The summed E-state index contributed by atoms with van der Waals surface area (Å²) in [5, 5.41) is 5.74. The molecule has 7 heteroatoms. The fourth-order valence-corrected chi connectivity index (χ4v) is 3.94. The number of nitrogens with zero attached hydrogens (tertiary/aromatic N) is 2. The van der Waals surface area contributed by atoms with Crippen LogP contribution in [0.2, 0.25) is 0 Å². The summed E-state index contributed by atoms with van der Waals surface area (Å²) in [6.07, 6.45) is 0.559. The summed E-state index contributed by atoms with van der Waals surface area (Å²) in [5.41, 5.74) is 3.20. The van der Waals surface area contributed by atoms with Crippen molar-refractivity contribution >= 4 is 29.1 Å². The van der Waals surface area contributed by atoms with Gasteiger partial charge in [0, 0.05) is 29.3 Å². The standard InChI is InChI=1S/C22H19N3O3S/c26-19-10-11-20(27)25(19)13-15-6-8-16(9-7-15)21(28)23-12-18-14-29-22(24-18)17-4-2-1-3-5-17/h1-9,14H,10-13H2,(H,23,28). The van der Waals surface area contributed by atoms with Gasteiger partial charge in [0.1, 0.15) is 5.01 Å². The Labute approximate surface area is 172 Å². The van der Waals surface area contributed by atoms with E-state index in [9.17, 15) is 14.4 Å². The molecule has 2 aromatic carbocycles. The number of rotatable bonds is 6. The Bertz CT molecular complexity index is 1030. The van der Waals surface area contributed by atoms with Gasteiger partial charge in [-0.15, -0.1) is 11.3 Å². The number of carbonyl (C=O) groups excluding carboxylic acids is 3. The molecule has 1 fully saturated rings. The first-order valence-electron chi connectivity index (χ1n) is 9.30. The van der Waals surface area contributed by atoms with Crippen molar-refractivity contribution in [3.8, 4) is 10.6 Å². The topological polar surface area (TPSA) is 79.4 Å². The molecule has 6 nitrogen and oxygen atoms in total. The van der Waals surface area contributed by atoms with Crippen LogP contribution in [0.4, 0.5) is 0 Å². The summed E-state index contributed by atoms with van der Waals surface area (Å²) >= 11 is 1.55. The van der Waals surface area contributed by atoms with Gasteiger partial charge in [-0.2, -0.15) is 0 Å². The van der Waals surface area contributed by atoms with Gasteiger partial charge in [0.25, 0.3) is 5.91 Å². The molecule has 29 heavy (non-hydrogen) atoms. The lowest BCUT2D eigenvalue weighted by Gasteiger charge is -2.13. The van der Waals surface area contributed by atoms with Gasteiger partial charge < -0.3 is 5.32 Å². The molecule has 0 unspecified atom stereocenters. The number of aromatic nitrogens is 1. The van der Waals surface area contributed by atoms with E-state index >= 15 is 0 Å². The summed E-state index contributed by atoms with van der Waals surface area (Å²) in [7, 11) is 0. The SMILES string of the molecule is O=C(NCc1csc(-c2ccccc2)n1)c1ccc(CN2C(=O)CCC2=O)cc1. The molecule has 0 spiro atoms. The van der Waals surface area contributed by atoms with Crippen LogP contribution in [0.3, 0.4) is 0 Å². The third-order valence-corrected chi connectivity index (χ3v) is 5.65. The Kier molecular flexibility index (Phi) is 5.48. The van der Waals surface area contributed by atoms with Crippen LogP contribution in [0.25, 0.3) is 10.6 Å². The van der Waals surface area contributed by atoms with Crippen LogP contribution in [-0.4, -0.2) is 27.6 Å². The molecule has 2 heterocycles. The number of likely N-dealkylation sites (tertiary alicyclic amines) is 1. The molecule has 1 aromatic heterocycles. The normalized spacial score (nSPS) is 13.7. The first kappa shape index (κ1) is 19.0. The van der Waals surface area contributed by atoms with Gasteiger partial charge in [0.15, 0.2) is 0 Å². The third kappa shape index (κ3) is 4.41. The van der Waals surface area contributed by atoms with Crippen LogP contribution in [-0.2, 0) is 22.7 Å².